The number of aryl methyl sites for hydroxylation is 2. The Bertz CT molecular complexity index is 1380. The number of carbonyl (C=O) groups excluding carboxylic acids is 1. The van der Waals surface area contributed by atoms with Gasteiger partial charge in [0.2, 0.25) is 0 Å². The minimum absolute atomic E-state index is 0.0828. The van der Waals surface area contributed by atoms with E-state index in [1.54, 1.807) is 24.5 Å². The predicted molar refractivity (Wildman–Crippen MR) is 121 cm³/mol. The van der Waals surface area contributed by atoms with E-state index >= 15 is 0 Å². The lowest BCUT2D eigenvalue weighted by Crippen LogP contribution is -2.44. The lowest BCUT2D eigenvalue weighted by molar-refractivity contribution is -0.172. The number of aromatic nitrogens is 2. The molecule has 0 aliphatic carbocycles. The van der Waals surface area contributed by atoms with Gasteiger partial charge in [0.15, 0.2) is 5.60 Å². The molecule has 0 spiro atoms. The molecule has 0 bridgehead atoms. The first-order valence-corrected chi connectivity index (χ1v) is 11.2. The molecular formula is C25H26FN3O4. The van der Waals surface area contributed by atoms with Crippen molar-refractivity contribution in [3.05, 3.63) is 62.2 Å². The molecule has 0 saturated heterocycles. The quantitative estimate of drug-likeness (QED) is 0.358. The summed E-state index contributed by atoms with van der Waals surface area (Å²) in [6, 6.07) is 4.95. The highest BCUT2D eigenvalue weighted by Gasteiger charge is 2.45. The zero-order chi connectivity index (χ0) is 23.5. The SMILES string of the molecule is CC[C@@]1(O)C(=O)OCc2c1cc1n(c2=O)Cc2c-1nc1cc(F)c(C)cc1c2CCCNC. The number of cyclic esters (lactones) is 1. The number of esters is 1. The second kappa shape index (κ2) is 7.74. The molecular weight excluding hydrogens is 425 g/mol. The number of halogens is 1. The molecule has 2 aliphatic heterocycles. The Hall–Kier alpha value is -3.10. The molecule has 172 valence electrons. The lowest BCUT2D eigenvalue weighted by Gasteiger charge is -2.31. The minimum atomic E-state index is -1.87. The summed E-state index contributed by atoms with van der Waals surface area (Å²) in [6.07, 6.45) is 1.70. The fourth-order valence-corrected chi connectivity index (χ4v) is 5.02. The molecule has 3 aromatic rings. The van der Waals surface area contributed by atoms with Crippen LogP contribution in [-0.2, 0) is 34.7 Å². The maximum Gasteiger partial charge on any atom is 0.343 e. The van der Waals surface area contributed by atoms with Gasteiger partial charge in [-0.2, -0.15) is 0 Å². The van der Waals surface area contributed by atoms with Gasteiger partial charge in [0.1, 0.15) is 12.4 Å². The van der Waals surface area contributed by atoms with Crippen molar-refractivity contribution in [3.8, 4) is 11.4 Å². The molecule has 0 unspecified atom stereocenters. The third-order valence-electron chi connectivity index (χ3n) is 6.94. The van der Waals surface area contributed by atoms with Crippen molar-refractivity contribution in [1.29, 1.82) is 0 Å². The topological polar surface area (TPSA) is 93.5 Å². The first kappa shape index (κ1) is 21.7. The second-order valence-electron chi connectivity index (χ2n) is 8.85. The van der Waals surface area contributed by atoms with Gasteiger partial charge < -0.3 is 19.7 Å². The first-order valence-electron chi connectivity index (χ1n) is 11.2. The van der Waals surface area contributed by atoms with Crippen molar-refractivity contribution in [1.82, 2.24) is 14.9 Å². The van der Waals surface area contributed by atoms with E-state index in [2.05, 4.69) is 5.32 Å². The van der Waals surface area contributed by atoms with Crippen LogP contribution in [0.25, 0.3) is 22.3 Å². The zero-order valence-corrected chi connectivity index (χ0v) is 18.9. The molecule has 0 saturated carbocycles. The van der Waals surface area contributed by atoms with Crippen LogP contribution in [0.15, 0.2) is 23.0 Å². The van der Waals surface area contributed by atoms with Gasteiger partial charge in [-0.25, -0.2) is 14.2 Å². The van der Waals surface area contributed by atoms with E-state index in [1.807, 2.05) is 13.1 Å². The molecule has 4 heterocycles. The highest BCUT2D eigenvalue weighted by molar-refractivity contribution is 5.89. The third-order valence-corrected chi connectivity index (χ3v) is 6.94. The summed E-state index contributed by atoms with van der Waals surface area (Å²) in [4.78, 5) is 30.5. The number of benzene rings is 1. The van der Waals surface area contributed by atoms with Crippen LogP contribution in [0.5, 0.6) is 0 Å². The maximum absolute atomic E-state index is 14.4. The Balaban J connectivity index is 1.78. The van der Waals surface area contributed by atoms with Gasteiger partial charge in [0, 0.05) is 22.6 Å². The fraction of sp³-hybridized carbons (Fsp3) is 0.400. The van der Waals surface area contributed by atoms with Gasteiger partial charge >= 0.3 is 5.97 Å². The normalized spacial score (nSPS) is 18.8. The number of aliphatic hydroxyl groups is 1. The number of ether oxygens (including phenoxy) is 1. The van der Waals surface area contributed by atoms with Crippen LogP contribution >= 0.6 is 0 Å². The summed E-state index contributed by atoms with van der Waals surface area (Å²) in [6.45, 7) is 4.40. The van der Waals surface area contributed by atoms with E-state index in [1.165, 1.54) is 6.07 Å². The van der Waals surface area contributed by atoms with Gasteiger partial charge in [0.25, 0.3) is 5.56 Å². The molecule has 8 heteroatoms. The van der Waals surface area contributed by atoms with Gasteiger partial charge in [-0.1, -0.05) is 6.92 Å². The van der Waals surface area contributed by atoms with Crippen LogP contribution in [0.3, 0.4) is 0 Å². The van der Waals surface area contributed by atoms with E-state index in [9.17, 15) is 19.1 Å². The minimum Gasteiger partial charge on any atom is -0.458 e. The van der Waals surface area contributed by atoms with Gasteiger partial charge in [-0.15, -0.1) is 0 Å². The summed E-state index contributed by atoms with van der Waals surface area (Å²) in [7, 11) is 1.90. The van der Waals surface area contributed by atoms with Crippen molar-refractivity contribution < 1.29 is 19.0 Å². The molecule has 1 aromatic carbocycles. The van der Waals surface area contributed by atoms with E-state index in [0.717, 1.165) is 35.9 Å². The summed E-state index contributed by atoms with van der Waals surface area (Å²) < 4.78 is 21.2. The third kappa shape index (κ3) is 3.12. The Labute approximate surface area is 190 Å². The average Bonchev–Trinajstić information content (AvgIpc) is 3.16. The maximum atomic E-state index is 14.4. The van der Waals surface area contributed by atoms with Crippen molar-refractivity contribution in [3.63, 3.8) is 0 Å². The van der Waals surface area contributed by atoms with Crippen LogP contribution in [0.4, 0.5) is 4.39 Å². The zero-order valence-electron chi connectivity index (χ0n) is 18.9. The van der Waals surface area contributed by atoms with Crippen molar-refractivity contribution >= 4 is 16.9 Å². The molecule has 2 N–H and O–H groups in total. The molecule has 0 amide bonds. The largest absolute Gasteiger partial charge is 0.458 e. The number of hydrogen-bond acceptors (Lipinski definition) is 6. The molecule has 0 fully saturated rings. The Morgan fingerprint density at radius 1 is 1.27 bits per heavy atom. The molecule has 33 heavy (non-hydrogen) atoms. The predicted octanol–water partition coefficient (Wildman–Crippen LogP) is 2.68. The molecule has 5 rings (SSSR count). The van der Waals surface area contributed by atoms with Crippen molar-refractivity contribution in [2.24, 2.45) is 0 Å². The summed E-state index contributed by atoms with van der Waals surface area (Å²) >= 11 is 0. The summed E-state index contributed by atoms with van der Waals surface area (Å²) in [5.41, 5.74) is 2.58. The fourth-order valence-electron chi connectivity index (χ4n) is 5.02. The Morgan fingerprint density at radius 3 is 2.79 bits per heavy atom. The number of pyridine rings is 2. The van der Waals surface area contributed by atoms with Crippen LogP contribution in [-0.4, -0.2) is 34.2 Å². The molecule has 7 nitrogen and oxygen atoms in total. The standard InChI is InChI=1S/C25H26FN3O4/c1-4-25(32)18-9-21-22-16(11-29(21)23(30)17(18)12-33-24(25)31)14(6-5-7-27-3)15-8-13(2)19(26)10-20(15)28-22/h8-10,27,32H,4-7,11-12H2,1-3H3/t25-/m0/s1. The number of fused-ring (bicyclic) bond motifs is 5. The van der Waals surface area contributed by atoms with Gasteiger partial charge in [-0.3, -0.25) is 4.79 Å². The number of nitrogens with zero attached hydrogens (tertiary/aromatic N) is 2. The smallest absolute Gasteiger partial charge is 0.343 e. The molecule has 2 aromatic heterocycles. The van der Waals surface area contributed by atoms with Crippen LogP contribution in [0, 0.1) is 12.7 Å². The number of rotatable bonds is 5. The van der Waals surface area contributed by atoms with Crippen LogP contribution < -0.4 is 10.9 Å². The number of hydrogen-bond donors (Lipinski definition) is 2. The first-order chi connectivity index (χ1) is 15.8. The Morgan fingerprint density at radius 2 is 2.06 bits per heavy atom. The monoisotopic (exact) mass is 451 g/mol. The molecule has 1 atom stereocenters. The van der Waals surface area contributed by atoms with Crippen LogP contribution in [0.1, 0.15) is 47.6 Å². The number of carbonyl (C=O) groups is 1. The van der Waals surface area contributed by atoms with E-state index in [4.69, 9.17) is 9.72 Å². The molecule has 2 aliphatic rings. The van der Waals surface area contributed by atoms with Gasteiger partial charge in [-0.05, 0) is 63.0 Å². The summed E-state index contributed by atoms with van der Waals surface area (Å²) in [5, 5.41) is 15.1. The van der Waals surface area contributed by atoms with Crippen LogP contribution in [0.2, 0.25) is 0 Å². The highest BCUT2D eigenvalue weighted by Crippen LogP contribution is 2.40. The molecule has 0 radical (unpaired) electrons. The highest BCUT2D eigenvalue weighted by atomic mass is 19.1. The van der Waals surface area contributed by atoms with Crippen molar-refractivity contribution in [2.45, 2.75) is 51.9 Å². The second-order valence-corrected chi connectivity index (χ2v) is 8.85. The van der Waals surface area contributed by atoms with E-state index < -0.39 is 11.6 Å². The van der Waals surface area contributed by atoms with Crippen molar-refractivity contribution in [2.75, 3.05) is 13.6 Å². The van der Waals surface area contributed by atoms with E-state index in [-0.39, 0.29) is 30.0 Å². The summed E-state index contributed by atoms with van der Waals surface area (Å²) in [5.74, 6) is -1.09. The average molecular weight is 451 g/mol. The Kier molecular flexibility index (Phi) is 5.10. The van der Waals surface area contributed by atoms with E-state index in [0.29, 0.717) is 34.6 Å². The number of nitrogens with one attached hydrogen (secondary N) is 1. The lowest BCUT2D eigenvalue weighted by atomic mass is 9.86. The van der Waals surface area contributed by atoms with Gasteiger partial charge in [0.05, 0.1) is 29.0 Å².